The van der Waals surface area contributed by atoms with Crippen LogP contribution in [0.2, 0.25) is 0 Å². The third-order valence-electron chi connectivity index (χ3n) is 2.39. The molecule has 0 saturated heterocycles. The van der Waals surface area contributed by atoms with Gasteiger partial charge in [-0.25, -0.2) is 4.79 Å². The minimum atomic E-state index is -1.11. The van der Waals surface area contributed by atoms with Crippen LogP contribution < -0.4 is 10.1 Å². The first-order chi connectivity index (χ1) is 9.56. The van der Waals surface area contributed by atoms with Crippen molar-refractivity contribution in [3.8, 4) is 5.75 Å². The van der Waals surface area contributed by atoms with Crippen LogP contribution in [0, 0.1) is 0 Å². The van der Waals surface area contributed by atoms with Crippen LogP contribution in [0.25, 0.3) is 0 Å². The fourth-order valence-electron chi connectivity index (χ4n) is 1.46. The molecule has 0 aliphatic rings. The Kier molecular flexibility index (Phi) is 7.03. The Hall–Kier alpha value is -1.60. The summed E-state index contributed by atoms with van der Waals surface area (Å²) in [4.78, 5) is 22.6. The first kappa shape index (κ1) is 16.5. The van der Waals surface area contributed by atoms with Crippen LogP contribution in [0.4, 0.5) is 0 Å². The Balaban J connectivity index is 2.53. The zero-order valence-electron chi connectivity index (χ0n) is 11.0. The molecule has 0 aliphatic carbocycles. The predicted molar refractivity (Wildman–Crippen MR) is 76.1 cm³/mol. The summed E-state index contributed by atoms with van der Waals surface area (Å²) in [5, 5.41) is 11.7. The second kappa shape index (κ2) is 8.55. The van der Waals surface area contributed by atoms with Crippen molar-refractivity contribution in [2.24, 2.45) is 0 Å². The van der Waals surface area contributed by atoms with Crippen molar-refractivity contribution >= 4 is 27.8 Å². The van der Waals surface area contributed by atoms with Gasteiger partial charge >= 0.3 is 5.97 Å². The lowest BCUT2D eigenvalue weighted by Crippen LogP contribution is -2.30. The summed E-state index contributed by atoms with van der Waals surface area (Å²) in [7, 11) is 1.59. The molecule has 0 radical (unpaired) electrons. The van der Waals surface area contributed by atoms with Gasteiger partial charge in [0.15, 0.2) is 6.61 Å². The largest absolute Gasteiger partial charge is 0.482 e. The normalized spacial score (nSPS) is 10.1. The lowest BCUT2D eigenvalue weighted by molar-refractivity contribution is -0.123. The summed E-state index contributed by atoms with van der Waals surface area (Å²) in [5.74, 6) is -1.28. The van der Waals surface area contributed by atoms with Gasteiger partial charge in [0.1, 0.15) is 11.3 Å². The molecule has 1 rings (SSSR count). The molecular formula is C13H16BrNO5. The molecule has 7 heteroatoms. The smallest absolute Gasteiger partial charge is 0.339 e. The van der Waals surface area contributed by atoms with Crippen molar-refractivity contribution < 1.29 is 24.2 Å². The molecular weight excluding hydrogens is 330 g/mol. The van der Waals surface area contributed by atoms with Crippen molar-refractivity contribution in [3.63, 3.8) is 0 Å². The average molecular weight is 346 g/mol. The summed E-state index contributed by atoms with van der Waals surface area (Å²) in [6, 6.07) is 4.66. The molecule has 0 spiro atoms. The van der Waals surface area contributed by atoms with Gasteiger partial charge in [-0.3, -0.25) is 4.79 Å². The highest BCUT2D eigenvalue weighted by molar-refractivity contribution is 9.10. The van der Waals surface area contributed by atoms with Crippen LogP contribution in [0.3, 0.4) is 0 Å². The van der Waals surface area contributed by atoms with Crippen LogP contribution in [0.15, 0.2) is 22.7 Å². The molecule has 0 aliphatic heterocycles. The number of carbonyl (C=O) groups excluding carboxylic acids is 1. The van der Waals surface area contributed by atoms with Crippen LogP contribution >= 0.6 is 15.9 Å². The number of carboxylic acid groups (broad SMARTS) is 1. The SMILES string of the molecule is COCCCNC(=O)COc1c(Br)cccc1C(=O)O. The number of para-hydroxylation sites is 1. The maximum atomic E-state index is 11.5. The van der Waals surface area contributed by atoms with E-state index in [0.29, 0.717) is 24.0 Å². The molecule has 0 saturated carbocycles. The number of benzene rings is 1. The Labute approximate surface area is 125 Å². The van der Waals surface area contributed by atoms with Gasteiger partial charge < -0.3 is 19.9 Å². The topological polar surface area (TPSA) is 84.9 Å². The predicted octanol–water partition coefficient (Wildman–Crippen LogP) is 1.68. The van der Waals surface area contributed by atoms with Crippen LogP contribution in [-0.4, -0.2) is 43.9 Å². The minimum Gasteiger partial charge on any atom is -0.482 e. The number of nitrogens with one attached hydrogen (secondary N) is 1. The van der Waals surface area contributed by atoms with E-state index in [0.717, 1.165) is 0 Å². The minimum absolute atomic E-state index is 0.00607. The number of hydrogen-bond donors (Lipinski definition) is 2. The number of carbonyl (C=O) groups is 2. The molecule has 0 atom stereocenters. The number of hydrogen-bond acceptors (Lipinski definition) is 4. The van der Waals surface area contributed by atoms with Gasteiger partial charge in [0.25, 0.3) is 5.91 Å². The second-order valence-electron chi connectivity index (χ2n) is 3.91. The molecule has 2 N–H and O–H groups in total. The quantitative estimate of drug-likeness (QED) is 0.700. The maximum absolute atomic E-state index is 11.5. The van der Waals surface area contributed by atoms with Crippen LogP contribution in [-0.2, 0) is 9.53 Å². The second-order valence-corrected chi connectivity index (χ2v) is 4.76. The van der Waals surface area contributed by atoms with E-state index in [1.165, 1.54) is 6.07 Å². The van der Waals surface area contributed by atoms with E-state index < -0.39 is 5.97 Å². The summed E-state index contributed by atoms with van der Waals surface area (Å²) >= 11 is 3.20. The van der Waals surface area contributed by atoms with E-state index in [4.69, 9.17) is 14.6 Å². The molecule has 6 nitrogen and oxygen atoms in total. The number of methoxy groups -OCH3 is 1. The van der Waals surface area contributed by atoms with Gasteiger partial charge in [0.2, 0.25) is 0 Å². The number of amides is 1. The summed E-state index contributed by atoms with van der Waals surface area (Å²) in [5.41, 5.74) is 0.00607. The molecule has 0 fully saturated rings. The highest BCUT2D eigenvalue weighted by Gasteiger charge is 2.15. The molecule has 1 aromatic carbocycles. The average Bonchev–Trinajstić information content (AvgIpc) is 2.42. The Morgan fingerprint density at radius 1 is 1.40 bits per heavy atom. The van der Waals surface area contributed by atoms with Gasteiger partial charge in [-0.2, -0.15) is 0 Å². The summed E-state index contributed by atoms with van der Waals surface area (Å²) in [6.07, 6.45) is 0.706. The Morgan fingerprint density at radius 3 is 2.80 bits per heavy atom. The van der Waals surface area contributed by atoms with Gasteiger partial charge in [0, 0.05) is 20.3 Å². The Morgan fingerprint density at radius 2 is 2.15 bits per heavy atom. The number of rotatable bonds is 8. The van der Waals surface area contributed by atoms with Gasteiger partial charge in [-0.05, 0) is 34.5 Å². The van der Waals surface area contributed by atoms with Crippen molar-refractivity contribution in [2.45, 2.75) is 6.42 Å². The first-order valence-corrected chi connectivity index (χ1v) is 6.75. The third kappa shape index (κ3) is 5.18. The van der Waals surface area contributed by atoms with E-state index in [-0.39, 0.29) is 23.8 Å². The molecule has 1 aromatic rings. The fourth-order valence-corrected chi connectivity index (χ4v) is 1.94. The molecule has 0 aromatic heterocycles. The fraction of sp³-hybridized carbons (Fsp3) is 0.385. The first-order valence-electron chi connectivity index (χ1n) is 5.96. The van der Waals surface area contributed by atoms with E-state index in [1.54, 1.807) is 19.2 Å². The molecule has 110 valence electrons. The highest BCUT2D eigenvalue weighted by Crippen LogP contribution is 2.28. The van der Waals surface area contributed by atoms with E-state index in [2.05, 4.69) is 21.2 Å². The zero-order valence-corrected chi connectivity index (χ0v) is 12.6. The number of carboxylic acids is 1. The van der Waals surface area contributed by atoms with E-state index >= 15 is 0 Å². The van der Waals surface area contributed by atoms with Crippen molar-refractivity contribution in [2.75, 3.05) is 26.9 Å². The highest BCUT2D eigenvalue weighted by atomic mass is 79.9. The third-order valence-corrected chi connectivity index (χ3v) is 3.02. The lowest BCUT2D eigenvalue weighted by Gasteiger charge is -2.11. The molecule has 0 bridgehead atoms. The van der Waals surface area contributed by atoms with Crippen molar-refractivity contribution in [3.05, 3.63) is 28.2 Å². The van der Waals surface area contributed by atoms with E-state index in [9.17, 15) is 9.59 Å². The van der Waals surface area contributed by atoms with Gasteiger partial charge in [0.05, 0.1) is 4.47 Å². The van der Waals surface area contributed by atoms with E-state index in [1.807, 2.05) is 0 Å². The van der Waals surface area contributed by atoms with Crippen molar-refractivity contribution in [1.29, 1.82) is 0 Å². The van der Waals surface area contributed by atoms with Crippen LogP contribution in [0.1, 0.15) is 16.8 Å². The molecule has 0 heterocycles. The summed E-state index contributed by atoms with van der Waals surface area (Å²) in [6.45, 7) is 0.808. The molecule has 20 heavy (non-hydrogen) atoms. The molecule has 0 unspecified atom stereocenters. The summed E-state index contributed by atoms with van der Waals surface area (Å²) < 4.78 is 10.6. The van der Waals surface area contributed by atoms with Gasteiger partial charge in [-0.1, -0.05) is 6.07 Å². The number of aromatic carboxylic acids is 1. The Bertz CT molecular complexity index is 478. The number of ether oxygens (including phenoxy) is 2. The lowest BCUT2D eigenvalue weighted by atomic mass is 10.2. The standard InChI is InChI=1S/C13H16BrNO5/c1-19-7-3-6-15-11(16)8-20-12-9(13(17)18)4-2-5-10(12)14/h2,4-5H,3,6-8H2,1H3,(H,15,16)(H,17,18). The van der Waals surface area contributed by atoms with Crippen LogP contribution in [0.5, 0.6) is 5.75 Å². The monoisotopic (exact) mass is 345 g/mol. The molecule has 1 amide bonds. The van der Waals surface area contributed by atoms with Gasteiger partial charge in [-0.15, -0.1) is 0 Å². The zero-order chi connectivity index (χ0) is 15.0. The number of halogens is 1. The van der Waals surface area contributed by atoms with Crippen molar-refractivity contribution in [1.82, 2.24) is 5.32 Å². The maximum Gasteiger partial charge on any atom is 0.339 e.